The van der Waals surface area contributed by atoms with E-state index in [2.05, 4.69) is 10.3 Å². The van der Waals surface area contributed by atoms with Crippen LogP contribution in [0.15, 0.2) is 29.5 Å². The number of rotatable bonds is 2. The first kappa shape index (κ1) is 6.54. The molecule has 10 heavy (non-hydrogen) atoms. The molecule has 0 aliphatic carbocycles. The second-order valence-corrected chi connectivity index (χ2v) is 1.59. The van der Waals surface area contributed by atoms with Gasteiger partial charge in [0.2, 0.25) is 0 Å². The van der Waals surface area contributed by atoms with Crippen LogP contribution in [-0.2, 0) is 4.79 Å². The van der Waals surface area contributed by atoms with Crippen molar-refractivity contribution in [3.8, 4) is 0 Å². The SMILES string of the molecule is O=C(O)C=CC1=NC=C[N]1. The van der Waals surface area contributed by atoms with Gasteiger partial charge in [0.25, 0.3) is 0 Å². The Hall–Kier alpha value is -1.58. The number of nitrogens with zero attached hydrogens (tertiary/aromatic N) is 2. The minimum absolute atomic E-state index is 0.419. The van der Waals surface area contributed by atoms with Gasteiger partial charge in [-0.05, 0) is 6.08 Å². The van der Waals surface area contributed by atoms with Gasteiger partial charge < -0.3 is 5.11 Å². The molecule has 51 valence electrons. The van der Waals surface area contributed by atoms with Gasteiger partial charge >= 0.3 is 5.97 Å². The Morgan fingerprint density at radius 3 is 2.90 bits per heavy atom. The van der Waals surface area contributed by atoms with Gasteiger partial charge in [0.05, 0.1) is 0 Å². The minimum Gasteiger partial charge on any atom is -0.478 e. The average Bonchev–Trinajstić information content (AvgIpc) is 2.34. The second kappa shape index (κ2) is 2.82. The molecule has 4 nitrogen and oxygen atoms in total. The quantitative estimate of drug-likeness (QED) is 0.549. The van der Waals surface area contributed by atoms with Crippen LogP contribution in [0.4, 0.5) is 0 Å². The first-order valence-electron chi connectivity index (χ1n) is 2.64. The van der Waals surface area contributed by atoms with Gasteiger partial charge in [-0.15, -0.1) is 0 Å². The zero-order chi connectivity index (χ0) is 7.40. The summed E-state index contributed by atoms with van der Waals surface area (Å²) >= 11 is 0. The number of amidine groups is 1. The highest BCUT2D eigenvalue weighted by Gasteiger charge is 1.96. The molecular weight excluding hydrogens is 132 g/mol. The Morgan fingerprint density at radius 2 is 2.40 bits per heavy atom. The molecule has 0 fully saturated rings. The van der Waals surface area contributed by atoms with Crippen LogP contribution in [0.25, 0.3) is 0 Å². The fourth-order valence-electron chi connectivity index (χ4n) is 0.485. The van der Waals surface area contributed by atoms with Gasteiger partial charge in [-0.25, -0.2) is 15.1 Å². The van der Waals surface area contributed by atoms with Crippen molar-refractivity contribution in [3.63, 3.8) is 0 Å². The number of aliphatic imine (C=N–C) groups is 1. The summed E-state index contributed by atoms with van der Waals surface area (Å²) in [4.78, 5) is 13.7. The molecule has 0 saturated carbocycles. The summed E-state index contributed by atoms with van der Waals surface area (Å²) in [6.07, 6.45) is 5.33. The fraction of sp³-hybridized carbons (Fsp3) is 0. The van der Waals surface area contributed by atoms with Gasteiger partial charge in [-0.2, -0.15) is 0 Å². The summed E-state index contributed by atoms with van der Waals surface area (Å²) in [5.74, 6) is -0.577. The van der Waals surface area contributed by atoms with Gasteiger partial charge in [0, 0.05) is 18.5 Å². The van der Waals surface area contributed by atoms with E-state index in [-0.39, 0.29) is 0 Å². The third kappa shape index (κ3) is 1.74. The van der Waals surface area contributed by atoms with E-state index in [1.54, 1.807) is 0 Å². The van der Waals surface area contributed by atoms with Crippen molar-refractivity contribution in [2.45, 2.75) is 0 Å². The zero-order valence-electron chi connectivity index (χ0n) is 5.06. The second-order valence-electron chi connectivity index (χ2n) is 1.59. The van der Waals surface area contributed by atoms with E-state index in [0.29, 0.717) is 5.84 Å². The Balaban J connectivity index is 2.47. The van der Waals surface area contributed by atoms with Crippen molar-refractivity contribution in [1.82, 2.24) is 5.32 Å². The van der Waals surface area contributed by atoms with Gasteiger partial charge in [0.15, 0.2) is 5.84 Å². The van der Waals surface area contributed by atoms with Crippen LogP contribution in [0.5, 0.6) is 0 Å². The van der Waals surface area contributed by atoms with E-state index in [1.807, 2.05) is 0 Å². The highest BCUT2D eigenvalue weighted by molar-refractivity contribution is 5.99. The lowest BCUT2D eigenvalue weighted by Crippen LogP contribution is -2.02. The summed E-state index contributed by atoms with van der Waals surface area (Å²) in [6.45, 7) is 0. The Kier molecular flexibility index (Phi) is 1.84. The van der Waals surface area contributed by atoms with E-state index >= 15 is 0 Å². The van der Waals surface area contributed by atoms with Crippen LogP contribution in [-0.4, -0.2) is 16.9 Å². The summed E-state index contributed by atoms with van der Waals surface area (Å²) in [6, 6.07) is 0. The number of carbonyl (C=O) groups is 1. The first-order chi connectivity index (χ1) is 4.79. The zero-order valence-corrected chi connectivity index (χ0v) is 5.06. The normalized spacial score (nSPS) is 15.4. The molecule has 1 aliphatic heterocycles. The molecule has 1 N–H and O–H groups in total. The van der Waals surface area contributed by atoms with Crippen molar-refractivity contribution in [2.24, 2.45) is 4.99 Å². The van der Waals surface area contributed by atoms with Crippen LogP contribution in [0.1, 0.15) is 0 Å². The number of carboxylic acid groups (broad SMARTS) is 1. The third-order valence-electron chi connectivity index (χ3n) is 0.855. The Morgan fingerprint density at radius 1 is 1.60 bits per heavy atom. The van der Waals surface area contributed by atoms with Crippen molar-refractivity contribution < 1.29 is 9.90 Å². The van der Waals surface area contributed by atoms with Crippen LogP contribution in [0, 0.1) is 0 Å². The third-order valence-corrected chi connectivity index (χ3v) is 0.855. The molecule has 1 radical (unpaired) electrons. The van der Waals surface area contributed by atoms with Crippen LogP contribution >= 0.6 is 0 Å². The number of aliphatic carboxylic acids is 1. The maximum Gasteiger partial charge on any atom is 0.328 e. The molecule has 0 unspecified atom stereocenters. The van der Waals surface area contributed by atoms with Gasteiger partial charge in [-0.3, -0.25) is 0 Å². The molecule has 1 aliphatic rings. The molecule has 0 aromatic carbocycles. The molecule has 0 aromatic heterocycles. The maximum absolute atomic E-state index is 9.95. The minimum atomic E-state index is -0.996. The average molecular weight is 137 g/mol. The van der Waals surface area contributed by atoms with Crippen molar-refractivity contribution >= 4 is 11.8 Å². The van der Waals surface area contributed by atoms with Crippen molar-refractivity contribution in [1.29, 1.82) is 0 Å². The molecule has 1 heterocycles. The van der Waals surface area contributed by atoms with Gasteiger partial charge in [0.1, 0.15) is 0 Å². The van der Waals surface area contributed by atoms with Crippen molar-refractivity contribution in [2.75, 3.05) is 0 Å². The van der Waals surface area contributed by atoms with Crippen molar-refractivity contribution in [3.05, 3.63) is 24.6 Å². The largest absolute Gasteiger partial charge is 0.478 e. The predicted molar refractivity (Wildman–Crippen MR) is 35.5 cm³/mol. The lowest BCUT2D eigenvalue weighted by atomic mass is 10.4. The van der Waals surface area contributed by atoms with Crippen LogP contribution in [0.3, 0.4) is 0 Å². The number of hydrogen-bond donors (Lipinski definition) is 1. The Labute approximate surface area is 57.6 Å². The Bertz CT molecular complexity index is 228. The molecule has 0 bridgehead atoms. The predicted octanol–water partition coefficient (Wildman–Crippen LogP) is 0.115. The smallest absolute Gasteiger partial charge is 0.328 e. The monoisotopic (exact) mass is 137 g/mol. The standard InChI is InChI=1S/C6H5N2O2/c9-6(10)2-1-5-7-3-4-8-5/h1-4H,(H,9,10). The molecule has 0 saturated heterocycles. The molecule has 0 spiro atoms. The highest BCUT2D eigenvalue weighted by Crippen LogP contribution is 1.90. The first-order valence-corrected chi connectivity index (χ1v) is 2.64. The summed E-state index contributed by atoms with van der Waals surface area (Å²) < 4.78 is 0. The molecule has 1 rings (SSSR count). The lowest BCUT2D eigenvalue weighted by Gasteiger charge is -1.84. The van der Waals surface area contributed by atoms with E-state index < -0.39 is 5.97 Å². The molecule has 0 atom stereocenters. The number of carboxylic acids is 1. The summed E-state index contributed by atoms with van der Waals surface area (Å²) in [7, 11) is 0. The fourth-order valence-corrected chi connectivity index (χ4v) is 0.485. The van der Waals surface area contributed by atoms with E-state index in [0.717, 1.165) is 6.08 Å². The highest BCUT2D eigenvalue weighted by atomic mass is 16.4. The summed E-state index contributed by atoms with van der Waals surface area (Å²) in [5.41, 5.74) is 0. The van der Waals surface area contributed by atoms with E-state index in [4.69, 9.17) is 5.11 Å². The topological polar surface area (TPSA) is 63.8 Å². The number of hydrogen-bond acceptors (Lipinski definition) is 2. The lowest BCUT2D eigenvalue weighted by molar-refractivity contribution is -0.131. The van der Waals surface area contributed by atoms with E-state index in [1.165, 1.54) is 18.5 Å². The maximum atomic E-state index is 9.95. The van der Waals surface area contributed by atoms with Crippen LogP contribution < -0.4 is 5.32 Å². The summed E-state index contributed by atoms with van der Waals surface area (Å²) in [5, 5.41) is 11.9. The van der Waals surface area contributed by atoms with E-state index in [9.17, 15) is 4.79 Å². The van der Waals surface area contributed by atoms with Gasteiger partial charge in [-0.1, -0.05) is 0 Å². The molecular formula is C6H5N2O2. The molecule has 0 amide bonds. The molecule has 4 heteroatoms. The molecule has 0 aromatic rings. The van der Waals surface area contributed by atoms with Crippen LogP contribution in [0.2, 0.25) is 0 Å².